The number of hydrogen-bond donors (Lipinski definition) is 0. The Morgan fingerprint density at radius 1 is 0.500 bits per heavy atom. The largest absolute Gasteiger partial charge is 0.0578 e. The summed E-state index contributed by atoms with van der Waals surface area (Å²) in [6.07, 6.45) is 7.64. The van der Waals surface area contributed by atoms with E-state index in [1.807, 2.05) is 0 Å². The molecule has 0 heterocycles. The molecule has 0 bridgehead atoms. The van der Waals surface area contributed by atoms with Gasteiger partial charge in [-0.3, -0.25) is 0 Å². The van der Waals surface area contributed by atoms with E-state index in [0.717, 1.165) is 0 Å². The van der Waals surface area contributed by atoms with E-state index in [9.17, 15) is 0 Å². The smallest absolute Gasteiger partial charge is 0.0103 e. The molecule has 0 fully saturated rings. The Bertz CT molecular complexity index is 873. The average molecular weight is 405 g/mol. The Morgan fingerprint density at radius 2 is 0.800 bits per heavy atom. The highest BCUT2D eigenvalue weighted by atomic mass is 14.5. The molecule has 0 nitrogen and oxygen atoms in total. The SMILES string of the molecule is CC(C)(C)C1=CC(C(C)(C)C)=C2C3=C(CC12)C1=C(C(C)(C)C)C=C(C(C)(C)C)C1C3. The van der Waals surface area contributed by atoms with Crippen LogP contribution in [0, 0.1) is 33.5 Å². The summed E-state index contributed by atoms with van der Waals surface area (Å²) in [5.41, 5.74) is 14.3. The van der Waals surface area contributed by atoms with Crippen LogP contribution >= 0.6 is 0 Å². The number of fused-ring (bicyclic) bond motifs is 4. The molecule has 0 amide bonds. The van der Waals surface area contributed by atoms with Gasteiger partial charge in [0.05, 0.1) is 0 Å². The van der Waals surface area contributed by atoms with Crippen molar-refractivity contribution in [2.45, 2.75) is 95.9 Å². The van der Waals surface area contributed by atoms with Gasteiger partial charge < -0.3 is 0 Å². The predicted molar refractivity (Wildman–Crippen MR) is 131 cm³/mol. The molecule has 30 heavy (non-hydrogen) atoms. The molecule has 0 aliphatic heterocycles. The van der Waals surface area contributed by atoms with E-state index in [-0.39, 0.29) is 21.7 Å². The molecule has 0 N–H and O–H groups in total. The van der Waals surface area contributed by atoms with Crippen molar-refractivity contribution in [1.82, 2.24) is 0 Å². The Balaban J connectivity index is 1.89. The Labute approximate surface area is 186 Å². The summed E-state index contributed by atoms with van der Waals surface area (Å²) in [7, 11) is 0. The second kappa shape index (κ2) is 6.14. The van der Waals surface area contributed by atoms with Gasteiger partial charge in [-0.15, -0.1) is 0 Å². The van der Waals surface area contributed by atoms with E-state index < -0.39 is 0 Å². The minimum atomic E-state index is 0.199. The van der Waals surface area contributed by atoms with Crippen LogP contribution in [0.3, 0.4) is 0 Å². The van der Waals surface area contributed by atoms with E-state index in [4.69, 9.17) is 0 Å². The van der Waals surface area contributed by atoms with Gasteiger partial charge in [0.25, 0.3) is 0 Å². The van der Waals surface area contributed by atoms with Gasteiger partial charge in [-0.25, -0.2) is 0 Å². The number of rotatable bonds is 0. The van der Waals surface area contributed by atoms with Crippen LogP contribution in [-0.2, 0) is 0 Å². The molecule has 2 atom stereocenters. The van der Waals surface area contributed by atoms with E-state index in [2.05, 4.69) is 95.2 Å². The molecule has 4 aliphatic carbocycles. The van der Waals surface area contributed by atoms with Crippen molar-refractivity contribution in [1.29, 1.82) is 0 Å². The summed E-state index contributed by atoms with van der Waals surface area (Å²) in [5.74, 6) is 1.22. The standard InChI is InChI=1S/C30H44/c1-27(2,3)21-15-23(29(7,8)9)25-18-14-20-22(28(4,5)6)16-24(30(10,11)12)26(20)17(18)13-19(21)25/h15-16,19-20H,13-14H2,1-12H3. The topological polar surface area (TPSA) is 0 Å². The summed E-state index contributed by atoms with van der Waals surface area (Å²) in [5, 5.41) is 0. The lowest BCUT2D eigenvalue weighted by Crippen LogP contribution is -2.19. The molecule has 0 saturated heterocycles. The predicted octanol–water partition coefficient (Wildman–Crippen LogP) is 8.98. The molecule has 0 aromatic carbocycles. The van der Waals surface area contributed by atoms with E-state index in [1.54, 1.807) is 44.6 Å². The maximum absolute atomic E-state index is 2.59. The van der Waals surface area contributed by atoms with Gasteiger partial charge in [-0.2, -0.15) is 0 Å². The zero-order valence-corrected chi connectivity index (χ0v) is 21.7. The van der Waals surface area contributed by atoms with Crippen molar-refractivity contribution in [2.75, 3.05) is 0 Å². The average Bonchev–Trinajstić information content (AvgIpc) is 3.17. The third-order valence-corrected chi connectivity index (χ3v) is 7.81. The summed E-state index contributed by atoms with van der Waals surface area (Å²) >= 11 is 0. The highest BCUT2D eigenvalue weighted by Crippen LogP contribution is 2.64. The molecule has 0 aromatic rings. The first-order valence-corrected chi connectivity index (χ1v) is 12.1. The van der Waals surface area contributed by atoms with Crippen molar-refractivity contribution in [3.8, 4) is 0 Å². The fraction of sp³-hybridized carbons (Fsp3) is 0.667. The van der Waals surface area contributed by atoms with Gasteiger partial charge in [0.1, 0.15) is 0 Å². The molecule has 0 spiro atoms. The third-order valence-electron chi connectivity index (χ3n) is 7.81. The first kappa shape index (κ1) is 21.9. The van der Waals surface area contributed by atoms with Gasteiger partial charge in [0, 0.05) is 11.8 Å². The molecule has 0 heteroatoms. The zero-order chi connectivity index (χ0) is 22.6. The molecular formula is C30H44. The van der Waals surface area contributed by atoms with Crippen molar-refractivity contribution >= 4 is 0 Å². The second-order valence-corrected chi connectivity index (χ2v) is 14.3. The van der Waals surface area contributed by atoms with Crippen LogP contribution < -0.4 is 0 Å². The van der Waals surface area contributed by atoms with Crippen molar-refractivity contribution in [3.63, 3.8) is 0 Å². The molecule has 0 saturated carbocycles. The summed E-state index contributed by atoms with van der Waals surface area (Å²) in [6, 6.07) is 0. The van der Waals surface area contributed by atoms with Crippen LogP contribution in [0.5, 0.6) is 0 Å². The number of hydrogen-bond acceptors (Lipinski definition) is 0. The first-order valence-electron chi connectivity index (χ1n) is 12.1. The lowest BCUT2D eigenvalue weighted by Gasteiger charge is -2.30. The van der Waals surface area contributed by atoms with E-state index >= 15 is 0 Å². The fourth-order valence-electron chi connectivity index (χ4n) is 6.44. The minimum absolute atomic E-state index is 0.199. The molecule has 4 rings (SSSR count). The quantitative estimate of drug-likeness (QED) is 0.378. The van der Waals surface area contributed by atoms with Crippen LogP contribution in [0.2, 0.25) is 0 Å². The van der Waals surface area contributed by atoms with Crippen molar-refractivity contribution < 1.29 is 0 Å². The third kappa shape index (κ3) is 3.16. The van der Waals surface area contributed by atoms with Crippen LogP contribution in [0.25, 0.3) is 0 Å². The molecule has 2 unspecified atom stereocenters. The second-order valence-electron chi connectivity index (χ2n) is 14.3. The molecule has 0 aromatic heterocycles. The maximum atomic E-state index is 2.59. The molecule has 164 valence electrons. The van der Waals surface area contributed by atoms with Gasteiger partial charge in [0.2, 0.25) is 0 Å². The van der Waals surface area contributed by atoms with Gasteiger partial charge >= 0.3 is 0 Å². The Morgan fingerprint density at radius 3 is 1.03 bits per heavy atom. The lowest BCUT2D eigenvalue weighted by atomic mass is 9.74. The van der Waals surface area contributed by atoms with Crippen LogP contribution in [0.4, 0.5) is 0 Å². The summed E-state index contributed by atoms with van der Waals surface area (Å²) in [6.45, 7) is 28.9. The van der Waals surface area contributed by atoms with E-state index in [0.29, 0.717) is 11.8 Å². The lowest BCUT2D eigenvalue weighted by molar-refractivity contribution is 0.442. The maximum Gasteiger partial charge on any atom is 0.0103 e. The monoisotopic (exact) mass is 404 g/mol. The van der Waals surface area contributed by atoms with Crippen LogP contribution in [-0.4, -0.2) is 0 Å². The van der Waals surface area contributed by atoms with Crippen LogP contribution in [0.1, 0.15) is 95.9 Å². The van der Waals surface area contributed by atoms with Gasteiger partial charge in [-0.05, 0) is 67.9 Å². The van der Waals surface area contributed by atoms with Crippen molar-refractivity contribution in [3.05, 3.63) is 56.7 Å². The minimum Gasteiger partial charge on any atom is -0.0578 e. The normalized spacial score (nSPS) is 27.1. The first-order chi connectivity index (χ1) is 13.4. The Hall–Kier alpha value is -1.30. The van der Waals surface area contributed by atoms with Crippen molar-refractivity contribution in [2.24, 2.45) is 33.5 Å². The van der Waals surface area contributed by atoms with E-state index in [1.165, 1.54) is 12.8 Å². The summed E-state index contributed by atoms with van der Waals surface area (Å²) in [4.78, 5) is 0. The van der Waals surface area contributed by atoms with Gasteiger partial charge in [-0.1, -0.05) is 106 Å². The zero-order valence-electron chi connectivity index (χ0n) is 21.7. The highest BCUT2D eigenvalue weighted by Gasteiger charge is 2.51. The molecule has 0 radical (unpaired) electrons. The highest BCUT2D eigenvalue weighted by molar-refractivity contribution is 5.70. The summed E-state index contributed by atoms with van der Waals surface area (Å²) < 4.78 is 0. The van der Waals surface area contributed by atoms with Gasteiger partial charge in [0.15, 0.2) is 0 Å². The molecular weight excluding hydrogens is 360 g/mol. The number of allylic oxidation sites excluding steroid dienone is 10. The molecule has 4 aliphatic rings. The fourth-order valence-corrected chi connectivity index (χ4v) is 6.44. The van der Waals surface area contributed by atoms with Crippen LogP contribution in [0.15, 0.2) is 56.7 Å². The Kier molecular flexibility index (Phi) is 4.49.